The molecule has 0 spiro atoms. The lowest BCUT2D eigenvalue weighted by Gasteiger charge is -2.03. The number of nitrogens with zero attached hydrogens (tertiary/aromatic N) is 3. The SMILES string of the molecule is CN=C(N)C(=NC)C(N)=Nc1ccc(F)cc1. The van der Waals surface area contributed by atoms with E-state index in [2.05, 4.69) is 15.0 Å². The maximum atomic E-state index is 12.7. The van der Waals surface area contributed by atoms with Crippen molar-refractivity contribution in [3.8, 4) is 0 Å². The van der Waals surface area contributed by atoms with E-state index < -0.39 is 0 Å². The molecule has 0 aliphatic rings. The molecule has 1 aromatic carbocycles. The lowest BCUT2D eigenvalue weighted by atomic mass is 10.3. The van der Waals surface area contributed by atoms with Gasteiger partial charge in [0.15, 0.2) is 5.84 Å². The third-order valence-corrected chi connectivity index (χ3v) is 2.03. The zero-order chi connectivity index (χ0) is 12.8. The Bertz CT molecular complexity index is 473. The van der Waals surface area contributed by atoms with E-state index in [-0.39, 0.29) is 17.5 Å². The molecule has 0 saturated heterocycles. The van der Waals surface area contributed by atoms with Crippen LogP contribution in [0.3, 0.4) is 0 Å². The van der Waals surface area contributed by atoms with Crippen LogP contribution in [0.5, 0.6) is 0 Å². The molecule has 0 aliphatic carbocycles. The normalized spacial score (nSPS) is 13.9. The molecular weight excluding hydrogens is 221 g/mol. The lowest BCUT2D eigenvalue weighted by molar-refractivity contribution is 0.628. The molecule has 0 unspecified atom stereocenters. The van der Waals surface area contributed by atoms with Gasteiger partial charge in [0.2, 0.25) is 0 Å². The number of aliphatic imine (C=N–C) groups is 3. The van der Waals surface area contributed by atoms with E-state index in [0.29, 0.717) is 11.4 Å². The third-order valence-electron chi connectivity index (χ3n) is 2.03. The van der Waals surface area contributed by atoms with Gasteiger partial charge < -0.3 is 11.5 Å². The molecule has 6 heteroatoms. The van der Waals surface area contributed by atoms with Gasteiger partial charge in [-0.25, -0.2) is 9.38 Å². The molecule has 0 fully saturated rings. The minimum atomic E-state index is -0.332. The zero-order valence-electron chi connectivity index (χ0n) is 9.68. The fourth-order valence-electron chi connectivity index (χ4n) is 1.17. The van der Waals surface area contributed by atoms with E-state index in [1.54, 1.807) is 7.05 Å². The number of rotatable bonds is 3. The zero-order valence-corrected chi connectivity index (χ0v) is 9.68. The summed E-state index contributed by atoms with van der Waals surface area (Å²) in [5, 5.41) is 0. The molecule has 17 heavy (non-hydrogen) atoms. The number of benzene rings is 1. The van der Waals surface area contributed by atoms with Crippen molar-refractivity contribution in [2.24, 2.45) is 26.4 Å². The van der Waals surface area contributed by atoms with Crippen LogP contribution in [-0.4, -0.2) is 31.5 Å². The van der Waals surface area contributed by atoms with Crippen molar-refractivity contribution >= 4 is 23.1 Å². The Balaban J connectivity index is 3.03. The summed E-state index contributed by atoms with van der Waals surface area (Å²) in [5.74, 6) is 0.0135. The minimum absolute atomic E-state index is 0.141. The first-order valence-electron chi connectivity index (χ1n) is 4.88. The molecule has 0 saturated carbocycles. The fraction of sp³-hybridized carbons (Fsp3) is 0.182. The summed E-state index contributed by atoms with van der Waals surface area (Å²) < 4.78 is 12.7. The topological polar surface area (TPSA) is 89.1 Å². The second kappa shape index (κ2) is 5.74. The first kappa shape index (κ1) is 12.8. The van der Waals surface area contributed by atoms with Gasteiger partial charge in [0.1, 0.15) is 17.4 Å². The fourth-order valence-corrected chi connectivity index (χ4v) is 1.17. The Morgan fingerprint density at radius 1 is 1.00 bits per heavy atom. The smallest absolute Gasteiger partial charge is 0.153 e. The van der Waals surface area contributed by atoms with Crippen molar-refractivity contribution < 1.29 is 4.39 Å². The van der Waals surface area contributed by atoms with Gasteiger partial charge in [0.05, 0.1) is 5.69 Å². The van der Waals surface area contributed by atoms with Crippen LogP contribution in [0.25, 0.3) is 0 Å². The summed E-state index contributed by atoms with van der Waals surface area (Å²) in [7, 11) is 3.08. The summed E-state index contributed by atoms with van der Waals surface area (Å²) in [6.07, 6.45) is 0. The third kappa shape index (κ3) is 3.37. The maximum absolute atomic E-state index is 12.7. The summed E-state index contributed by atoms with van der Waals surface area (Å²) >= 11 is 0. The highest BCUT2D eigenvalue weighted by molar-refractivity contribution is 6.67. The van der Waals surface area contributed by atoms with Gasteiger partial charge in [-0.1, -0.05) is 0 Å². The number of amidine groups is 2. The van der Waals surface area contributed by atoms with Crippen molar-refractivity contribution in [1.82, 2.24) is 0 Å². The number of hydrogen-bond acceptors (Lipinski definition) is 3. The minimum Gasteiger partial charge on any atom is -0.382 e. The predicted molar refractivity (Wildman–Crippen MR) is 68.6 cm³/mol. The number of halogens is 1. The summed E-state index contributed by atoms with van der Waals surface area (Å²) in [6, 6.07) is 5.61. The largest absolute Gasteiger partial charge is 0.382 e. The van der Waals surface area contributed by atoms with Gasteiger partial charge in [-0.2, -0.15) is 0 Å². The quantitative estimate of drug-likeness (QED) is 0.601. The average molecular weight is 235 g/mol. The van der Waals surface area contributed by atoms with Gasteiger partial charge >= 0.3 is 0 Å². The first-order chi connectivity index (χ1) is 8.08. The lowest BCUT2D eigenvalue weighted by Crippen LogP contribution is -2.35. The summed E-state index contributed by atoms with van der Waals surface area (Å²) in [6.45, 7) is 0. The number of nitrogens with two attached hydrogens (primary N) is 2. The van der Waals surface area contributed by atoms with E-state index in [4.69, 9.17) is 11.5 Å². The highest BCUT2D eigenvalue weighted by atomic mass is 19.1. The van der Waals surface area contributed by atoms with Crippen molar-refractivity contribution in [2.75, 3.05) is 14.1 Å². The number of hydrogen-bond donors (Lipinski definition) is 2. The van der Waals surface area contributed by atoms with Crippen LogP contribution in [0.4, 0.5) is 10.1 Å². The molecule has 4 N–H and O–H groups in total. The van der Waals surface area contributed by atoms with Crippen LogP contribution < -0.4 is 11.5 Å². The van der Waals surface area contributed by atoms with Crippen LogP contribution in [0, 0.1) is 5.82 Å². The van der Waals surface area contributed by atoms with Crippen LogP contribution in [-0.2, 0) is 0 Å². The molecule has 0 heterocycles. The molecule has 0 bridgehead atoms. The van der Waals surface area contributed by atoms with E-state index in [0.717, 1.165) is 0 Å². The predicted octanol–water partition coefficient (Wildman–Crippen LogP) is 0.872. The van der Waals surface area contributed by atoms with Gasteiger partial charge in [-0.15, -0.1) is 0 Å². The van der Waals surface area contributed by atoms with Crippen LogP contribution in [0.2, 0.25) is 0 Å². The monoisotopic (exact) mass is 235 g/mol. The van der Waals surface area contributed by atoms with Gasteiger partial charge in [-0.3, -0.25) is 9.98 Å². The maximum Gasteiger partial charge on any atom is 0.153 e. The van der Waals surface area contributed by atoms with Crippen molar-refractivity contribution in [3.05, 3.63) is 30.1 Å². The Morgan fingerprint density at radius 2 is 1.59 bits per heavy atom. The van der Waals surface area contributed by atoms with Gasteiger partial charge in [0.25, 0.3) is 0 Å². The van der Waals surface area contributed by atoms with E-state index in [1.165, 1.54) is 31.3 Å². The van der Waals surface area contributed by atoms with Gasteiger partial charge in [0, 0.05) is 14.1 Å². The van der Waals surface area contributed by atoms with Crippen molar-refractivity contribution in [2.45, 2.75) is 0 Å². The molecule has 0 aliphatic heterocycles. The molecule has 0 amide bonds. The van der Waals surface area contributed by atoms with E-state index in [1.807, 2.05) is 0 Å². The molecule has 5 nitrogen and oxygen atoms in total. The molecule has 1 aromatic rings. The van der Waals surface area contributed by atoms with E-state index in [9.17, 15) is 4.39 Å². The molecule has 0 aromatic heterocycles. The first-order valence-corrected chi connectivity index (χ1v) is 4.88. The Labute approximate surface area is 98.8 Å². The Hall–Kier alpha value is -2.24. The second-order valence-electron chi connectivity index (χ2n) is 3.15. The summed E-state index contributed by atoms with van der Waals surface area (Å²) in [4.78, 5) is 11.8. The average Bonchev–Trinajstić information content (AvgIpc) is 2.32. The highest BCUT2D eigenvalue weighted by Crippen LogP contribution is 2.11. The standard InChI is InChI=1S/C11H14FN5/c1-15-9(10(13)16-2)11(14)17-8-5-3-7(12)4-6-8/h3-6H,1-2H3,(H2,13,16)(H2,14,17). The molecule has 90 valence electrons. The molecular formula is C11H14FN5. The van der Waals surface area contributed by atoms with Gasteiger partial charge in [-0.05, 0) is 24.3 Å². The molecule has 0 radical (unpaired) electrons. The molecule has 0 atom stereocenters. The Kier molecular flexibility index (Phi) is 4.33. The van der Waals surface area contributed by atoms with Crippen LogP contribution in [0.15, 0.2) is 39.2 Å². The van der Waals surface area contributed by atoms with Crippen molar-refractivity contribution in [3.63, 3.8) is 0 Å². The molecule has 1 rings (SSSR count). The van der Waals surface area contributed by atoms with Crippen molar-refractivity contribution in [1.29, 1.82) is 0 Å². The van der Waals surface area contributed by atoms with E-state index >= 15 is 0 Å². The second-order valence-corrected chi connectivity index (χ2v) is 3.15. The van der Waals surface area contributed by atoms with Crippen LogP contribution in [0.1, 0.15) is 0 Å². The highest BCUT2D eigenvalue weighted by Gasteiger charge is 2.08. The Morgan fingerprint density at radius 3 is 2.06 bits per heavy atom. The van der Waals surface area contributed by atoms with Crippen LogP contribution >= 0.6 is 0 Å². The summed E-state index contributed by atoms with van der Waals surface area (Å²) in [5.41, 5.74) is 12.2.